The maximum atomic E-state index is 12.9. The van der Waals surface area contributed by atoms with E-state index in [1.165, 1.54) is 6.07 Å². The van der Waals surface area contributed by atoms with Crippen LogP contribution in [0.1, 0.15) is 25.3 Å². The van der Waals surface area contributed by atoms with Crippen molar-refractivity contribution in [2.24, 2.45) is 5.92 Å². The largest absolute Gasteiger partial charge is 0.482 e. The number of carbonyl (C=O) groups is 1. The first-order valence-corrected chi connectivity index (χ1v) is 8.89. The van der Waals surface area contributed by atoms with Crippen LogP contribution in [-0.4, -0.2) is 38.3 Å². The van der Waals surface area contributed by atoms with Crippen LogP contribution in [0.2, 0.25) is 0 Å². The molecule has 22 heavy (non-hydrogen) atoms. The average molecular weight is 324 g/mol. The lowest BCUT2D eigenvalue weighted by atomic mass is 10.0. The van der Waals surface area contributed by atoms with Crippen LogP contribution in [-0.2, 0) is 14.8 Å². The van der Waals surface area contributed by atoms with Gasteiger partial charge in [0.1, 0.15) is 5.75 Å². The number of anilines is 1. The highest BCUT2D eigenvalue weighted by molar-refractivity contribution is 7.89. The van der Waals surface area contributed by atoms with Crippen LogP contribution in [0.25, 0.3) is 0 Å². The molecule has 2 aliphatic rings. The van der Waals surface area contributed by atoms with Gasteiger partial charge in [-0.1, -0.05) is 6.92 Å². The highest BCUT2D eigenvalue weighted by atomic mass is 32.2. The Kier molecular flexibility index (Phi) is 3.86. The Balaban J connectivity index is 1.98. The molecule has 0 spiro atoms. The van der Waals surface area contributed by atoms with Gasteiger partial charge in [0.25, 0.3) is 5.91 Å². The summed E-state index contributed by atoms with van der Waals surface area (Å²) in [5.74, 6) is 0.554. The summed E-state index contributed by atoms with van der Waals surface area (Å²) in [5.41, 5.74) is 1.14. The summed E-state index contributed by atoms with van der Waals surface area (Å²) in [7, 11) is -3.53. The zero-order valence-electron chi connectivity index (χ0n) is 12.8. The number of fused-ring (bicyclic) bond motifs is 1. The highest BCUT2D eigenvalue weighted by Gasteiger charge is 2.31. The van der Waals surface area contributed by atoms with Gasteiger partial charge in [-0.2, -0.15) is 4.31 Å². The standard InChI is InChI=1S/C15H20N2O4S/c1-10-4-3-5-17(8-10)22(19,20)14-7-13-12(6-11(14)2)16-15(18)9-21-13/h6-7,10H,3-5,8-9H2,1-2H3,(H,16,18)/t10-/m0/s1. The van der Waals surface area contributed by atoms with E-state index in [-0.39, 0.29) is 17.4 Å². The van der Waals surface area contributed by atoms with Crippen LogP contribution in [0.3, 0.4) is 0 Å². The number of nitrogens with zero attached hydrogens (tertiary/aromatic N) is 1. The fraction of sp³-hybridized carbons (Fsp3) is 0.533. The molecular weight excluding hydrogens is 304 g/mol. The molecule has 0 saturated carbocycles. The summed E-state index contributed by atoms with van der Waals surface area (Å²) in [6.07, 6.45) is 1.95. The Morgan fingerprint density at radius 3 is 2.86 bits per heavy atom. The molecule has 0 aliphatic carbocycles. The smallest absolute Gasteiger partial charge is 0.262 e. The molecular formula is C15H20N2O4S. The van der Waals surface area contributed by atoms with E-state index < -0.39 is 10.0 Å². The minimum Gasteiger partial charge on any atom is -0.482 e. The summed E-state index contributed by atoms with van der Waals surface area (Å²) >= 11 is 0. The fourth-order valence-corrected chi connectivity index (χ4v) is 4.82. The molecule has 1 amide bonds. The van der Waals surface area contributed by atoms with Gasteiger partial charge in [-0.15, -0.1) is 0 Å². The average Bonchev–Trinajstić information content (AvgIpc) is 2.46. The molecule has 1 saturated heterocycles. The minimum absolute atomic E-state index is 0.0870. The van der Waals surface area contributed by atoms with Gasteiger partial charge in [-0.05, 0) is 37.3 Å². The highest BCUT2D eigenvalue weighted by Crippen LogP contribution is 2.34. The van der Waals surface area contributed by atoms with Crippen molar-refractivity contribution in [1.29, 1.82) is 0 Å². The Labute approximate surface area is 130 Å². The molecule has 0 unspecified atom stereocenters. The molecule has 0 aromatic heterocycles. The quantitative estimate of drug-likeness (QED) is 0.899. The Morgan fingerprint density at radius 1 is 1.36 bits per heavy atom. The van der Waals surface area contributed by atoms with Crippen molar-refractivity contribution in [2.75, 3.05) is 25.0 Å². The monoisotopic (exact) mass is 324 g/mol. The molecule has 1 atom stereocenters. The lowest BCUT2D eigenvalue weighted by Crippen LogP contribution is -2.39. The van der Waals surface area contributed by atoms with Gasteiger partial charge >= 0.3 is 0 Å². The molecule has 1 fully saturated rings. The predicted molar refractivity (Wildman–Crippen MR) is 82.5 cm³/mol. The lowest BCUT2D eigenvalue weighted by molar-refractivity contribution is -0.118. The summed E-state index contributed by atoms with van der Waals surface area (Å²) < 4.78 is 32.7. The van der Waals surface area contributed by atoms with Crippen LogP contribution in [0.4, 0.5) is 5.69 Å². The van der Waals surface area contributed by atoms with Crippen molar-refractivity contribution in [3.05, 3.63) is 17.7 Å². The van der Waals surface area contributed by atoms with Crippen LogP contribution >= 0.6 is 0 Å². The number of rotatable bonds is 2. The number of benzene rings is 1. The molecule has 0 radical (unpaired) electrons. The molecule has 120 valence electrons. The summed E-state index contributed by atoms with van der Waals surface area (Å²) in [4.78, 5) is 11.6. The van der Waals surface area contributed by atoms with E-state index in [2.05, 4.69) is 12.2 Å². The maximum Gasteiger partial charge on any atom is 0.262 e. The van der Waals surface area contributed by atoms with Gasteiger partial charge in [0.05, 0.1) is 10.6 Å². The van der Waals surface area contributed by atoms with Crippen LogP contribution in [0, 0.1) is 12.8 Å². The predicted octanol–water partition coefficient (Wildman–Crippen LogP) is 1.75. The molecule has 7 heteroatoms. The van der Waals surface area contributed by atoms with Gasteiger partial charge in [0.2, 0.25) is 10.0 Å². The van der Waals surface area contributed by atoms with E-state index >= 15 is 0 Å². The number of amides is 1. The van der Waals surface area contributed by atoms with Gasteiger partial charge in [-0.25, -0.2) is 8.42 Å². The number of carbonyl (C=O) groups excluding carboxylic acids is 1. The minimum atomic E-state index is -3.53. The van der Waals surface area contributed by atoms with Gasteiger partial charge in [-0.3, -0.25) is 4.79 Å². The van der Waals surface area contributed by atoms with Crippen molar-refractivity contribution in [3.63, 3.8) is 0 Å². The second kappa shape index (κ2) is 5.55. The zero-order valence-corrected chi connectivity index (χ0v) is 13.6. The third kappa shape index (κ3) is 2.70. The van der Waals surface area contributed by atoms with Crippen LogP contribution < -0.4 is 10.1 Å². The number of hydrogen-bond donors (Lipinski definition) is 1. The number of piperidine rings is 1. The summed E-state index contributed by atoms with van der Waals surface area (Å²) in [6.45, 7) is 4.83. The first-order chi connectivity index (χ1) is 10.4. The third-order valence-corrected chi connectivity index (χ3v) is 6.15. The second-order valence-corrected chi connectivity index (χ2v) is 7.97. The van der Waals surface area contributed by atoms with Crippen molar-refractivity contribution >= 4 is 21.6 Å². The molecule has 6 nitrogen and oxygen atoms in total. The Morgan fingerprint density at radius 2 is 2.14 bits per heavy atom. The number of aryl methyl sites for hydroxylation is 1. The number of ether oxygens (including phenoxy) is 1. The number of sulfonamides is 1. The maximum absolute atomic E-state index is 12.9. The van der Waals surface area contributed by atoms with Crippen molar-refractivity contribution in [1.82, 2.24) is 4.31 Å². The summed E-state index contributed by atoms with van der Waals surface area (Å²) in [5, 5.41) is 2.69. The van der Waals surface area contributed by atoms with Crippen LogP contribution in [0.15, 0.2) is 17.0 Å². The SMILES string of the molecule is Cc1cc2c(cc1S(=O)(=O)N1CCC[C@H](C)C1)OCC(=O)N2. The lowest BCUT2D eigenvalue weighted by Gasteiger charge is -2.31. The van der Waals surface area contributed by atoms with Crippen molar-refractivity contribution in [2.45, 2.75) is 31.6 Å². The topological polar surface area (TPSA) is 75.7 Å². The van der Waals surface area contributed by atoms with Gasteiger partial charge < -0.3 is 10.1 Å². The van der Waals surface area contributed by atoms with Crippen LogP contribution in [0.5, 0.6) is 5.75 Å². The zero-order chi connectivity index (χ0) is 15.9. The molecule has 1 aromatic rings. The van der Waals surface area contributed by atoms with Crippen molar-refractivity contribution < 1.29 is 17.9 Å². The van der Waals surface area contributed by atoms with E-state index in [0.717, 1.165) is 12.8 Å². The van der Waals surface area contributed by atoms with E-state index in [0.29, 0.717) is 36.0 Å². The molecule has 2 aliphatic heterocycles. The van der Waals surface area contributed by atoms with Gasteiger partial charge in [0, 0.05) is 19.2 Å². The Hall–Kier alpha value is -1.60. The molecule has 0 bridgehead atoms. The van der Waals surface area contributed by atoms with E-state index in [4.69, 9.17) is 4.74 Å². The number of nitrogens with one attached hydrogen (secondary N) is 1. The first kappa shape index (κ1) is 15.3. The fourth-order valence-electron chi connectivity index (χ4n) is 3.00. The van der Waals surface area contributed by atoms with E-state index in [1.807, 2.05) is 0 Å². The third-order valence-electron chi connectivity index (χ3n) is 4.15. The first-order valence-electron chi connectivity index (χ1n) is 7.45. The molecule has 2 heterocycles. The molecule has 1 N–H and O–H groups in total. The van der Waals surface area contributed by atoms with E-state index in [9.17, 15) is 13.2 Å². The normalized spacial score (nSPS) is 22.6. The second-order valence-electron chi connectivity index (χ2n) is 6.06. The molecule has 3 rings (SSSR count). The Bertz CT molecular complexity index is 714. The summed E-state index contributed by atoms with van der Waals surface area (Å²) in [6, 6.07) is 3.19. The number of hydrogen-bond acceptors (Lipinski definition) is 4. The molecule has 1 aromatic carbocycles. The van der Waals surface area contributed by atoms with E-state index in [1.54, 1.807) is 17.3 Å². The van der Waals surface area contributed by atoms with Crippen molar-refractivity contribution in [3.8, 4) is 5.75 Å². The van der Waals surface area contributed by atoms with Gasteiger partial charge in [0.15, 0.2) is 6.61 Å².